The molecule has 1 fully saturated rings. The highest BCUT2D eigenvalue weighted by Gasteiger charge is 2.39. The SMILES string of the molecule is C[C@@]1(NC(=O)OC[C@@H](Cl)CCl)CCS(=O)(=O)C1. The Morgan fingerprint density at radius 1 is 1.59 bits per heavy atom. The molecule has 0 unspecified atom stereocenters. The van der Waals surface area contributed by atoms with Crippen molar-refractivity contribution in [1.82, 2.24) is 5.32 Å². The van der Waals surface area contributed by atoms with Gasteiger partial charge in [-0.2, -0.15) is 0 Å². The van der Waals surface area contributed by atoms with Gasteiger partial charge in [-0.25, -0.2) is 13.2 Å². The number of alkyl carbamates (subject to hydrolysis) is 1. The first-order chi connectivity index (χ1) is 7.76. The van der Waals surface area contributed by atoms with Crippen LogP contribution >= 0.6 is 23.2 Å². The van der Waals surface area contributed by atoms with Gasteiger partial charge in [0.05, 0.1) is 22.4 Å². The van der Waals surface area contributed by atoms with Gasteiger partial charge in [0, 0.05) is 5.88 Å². The second-order valence-electron chi connectivity index (χ2n) is 4.38. The van der Waals surface area contributed by atoms with E-state index in [0.29, 0.717) is 6.42 Å². The third-order valence-corrected chi connectivity index (χ3v) is 5.18. The lowest BCUT2D eigenvalue weighted by Gasteiger charge is -2.23. The monoisotopic (exact) mass is 303 g/mol. The van der Waals surface area contributed by atoms with Crippen molar-refractivity contribution in [3.63, 3.8) is 0 Å². The van der Waals surface area contributed by atoms with Gasteiger partial charge in [0.1, 0.15) is 6.61 Å². The van der Waals surface area contributed by atoms with E-state index in [1.807, 2.05) is 0 Å². The van der Waals surface area contributed by atoms with Crippen molar-refractivity contribution in [1.29, 1.82) is 0 Å². The van der Waals surface area contributed by atoms with E-state index in [0.717, 1.165) is 0 Å². The minimum absolute atomic E-state index is 0.000279. The summed E-state index contributed by atoms with van der Waals surface area (Å²) in [5.74, 6) is 0.207. The predicted octanol–water partition coefficient (Wildman–Crippen LogP) is 1.14. The minimum Gasteiger partial charge on any atom is -0.448 e. The van der Waals surface area contributed by atoms with Gasteiger partial charge in [0.2, 0.25) is 0 Å². The minimum atomic E-state index is -3.05. The molecule has 1 aliphatic heterocycles. The van der Waals surface area contributed by atoms with Crippen LogP contribution in [0.2, 0.25) is 0 Å². The van der Waals surface area contributed by atoms with E-state index in [1.165, 1.54) is 0 Å². The molecule has 100 valence electrons. The van der Waals surface area contributed by atoms with Crippen LogP contribution < -0.4 is 5.32 Å². The maximum atomic E-state index is 11.4. The predicted molar refractivity (Wildman–Crippen MR) is 66.5 cm³/mol. The van der Waals surface area contributed by atoms with Crippen LogP contribution in [0.4, 0.5) is 4.79 Å². The zero-order chi connectivity index (χ0) is 13.1. The molecule has 0 aliphatic carbocycles. The molecule has 0 aromatic rings. The van der Waals surface area contributed by atoms with Crippen molar-refractivity contribution >= 4 is 39.1 Å². The van der Waals surface area contributed by atoms with E-state index in [4.69, 9.17) is 27.9 Å². The molecule has 1 saturated heterocycles. The largest absolute Gasteiger partial charge is 0.448 e. The van der Waals surface area contributed by atoms with Gasteiger partial charge in [-0.1, -0.05) is 0 Å². The topological polar surface area (TPSA) is 72.5 Å². The number of alkyl halides is 2. The van der Waals surface area contributed by atoms with Gasteiger partial charge in [-0.3, -0.25) is 0 Å². The van der Waals surface area contributed by atoms with E-state index in [2.05, 4.69) is 5.32 Å². The highest BCUT2D eigenvalue weighted by Crippen LogP contribution is 2.22. The fourth-order valence-electron chi connectivity index (χ4n) is 1.60. The Morgan fingerprint density at radius 3 is 2.71 bits per heavy atom. The van der Waals surface area contributed by atoms with Crippen LogP contribution in [-0.2, 0) is 14.6 Å². The molecule has 0 saturated carbocycles. The standard InChI is InChI=1S/C9H15Cl2NO4S/c1-9(2-3-17(14,15)6-9)12-8(13)16-5-7(11)4-10/h7H,2-6H2,1H3,(H,12,13)/t7-,9+/m0/s1. The Balaban J connectivity index is 2.41. The number of amides is 1. The summed E-state index contributed by atoms with van der Waals surface area (Å²) in [7, 11) is -3.05. The lowest BCUT2D eigenvalue weighted by Crippen LogP contribution is -2.47. The first-order valence-electron chi connectivity index (χ1n) is 5.12. The maximum Gasteiger partial charge on any atom is 0.407 e. The summed E-state index contributed by atoms with van der Waals surface area (Å²) in [5, 5.41) is 2.11. The van der Waals surface area contributed by atoms with E-state index in [1.54, 1.807) is 6.92 Å². The van der Waals surface area contributed by atoms with Crippen LogP contribution in [0.5, 0.6) is 0 Å². The number of halogens is 2. The average Bonchev–Trinajstić information content (AvgIpc) is 2.49. The smallest absolute Gasteiger partial charge is 0.407 e. The van der Waals surface area contributed by atoms with E-state index in [9.17, 15) is 13.2 Å². The van der Waals surface area contributed by atoms with Crippen molar-refractivity contribution < 1.29 is 17.9 Å². The molecule has 0 aromatic carbocycles. The number of rotatable bonds is 4. The fourth-order valence-corrected chi connectivity index (χ4v) is 3.85. The van der Waals surface area contributed by atoms with Gasteiger partial charge in [-0.05, 0) is 13.3 Å². The Bertz CT molecular complexity index is 386. The summed E-state index contributed by atoms with van der Waals surface area (Å²) in [6, 6.07) is 0. The number of hydrogen-bond donors (Lipinski definition) is 1. The first-order valence-corrected chi connectivity index (χ1v) is 7.91. The molecule has 0 radical (unpaired) electrons. The summed E-state index contributed by atoms with van der Waals surface area (Å²) in [6.07, 6.45) is -0.273. The van der Waals surface area contributed by atoms with Crippen molar-refractivity contribution in [2.75, 3.05) is 24.0 Å². The molecule has 8 heteroatoms. The summed E-state index contributed by atoms with van der Waals surface area (Å²) >= 11 is 11.1. The van der Waals surface area contributed by atoms with Crippen LogP contribution in [0.1, 0.15) is 13.3 Å². The van der Waals surface area contributed by atoms with Gasteiger partial charge < -0.3 is 10.1 Å². The number of sulfone groups is 1. The highest BCUT2D eigenvalue weighted by atomic mass is 35.5. The van der Waals surface area contributed by atoms with E-state index >= 15 is 0 Å². The molecule has 1 aliphatic rings. The molecule has 1 heterocycles. The Kier molecular flexibility index (Phi) is 4.92. The van der Waals surface area contributed by atoms with E-state index < -0.39 is 26.8 Å². The number of nitrogens with one attached hydrogen (secondary N) is 1. The van der Waals surface area contributed by atoms with Crippen LogP contribution in [0, 0.1) is 0 Å². The highest BCUT2D eigenvalue weighted by molar-refractivity contribution is 7.91. The molecule has 1 amide bonds. The number of hydrogen-bond acceptors (Lipinski definition) is 4. The lowest BCUT2D eigenvalue weighted by atomic mass is 10.0. The molecule has 1 rings (SSSR count). The normalized spacial score (nSPS) is 28.6. The Morgan fingerprint density at radius 2 is 2.24 bits per heavy atom. The molecule has 5 nitrogen and oxygen atoms in total. The quantitative estimate of drug-likeness (QED) is 0.790. The fraction of sp³-hybridized carbons (Fsp3) is 0.889. The van der Waals surface area contributed by atoms with Crippen molar-refractivity contribution in [3.8, 4) is 0 Å². The molecule has 1 N–H and O–H groups in total. The summed E-state index contributed by atoms with van der Waals surface area (Å²) in [5.41, 5.74) is -0.751. The molecule has 17 heavy (non-hydrogen) atoms. The Hall–Kier alpha value is -0.200. The molecule has 0 bridgehead atoms. The first kappa shape index (κ1) is 14.9. The third-order valence-electron chi connectivity index (χ3n) is 2.47. The van der Waals surface area contributed by atoms with Gasteiger partial charge in [0.15, 0.2) is 9.84 Å². The van der Waals surface area contributed by atoms with Gasteiger partial charge in [-0.15, -0.1) is 23.2 Å². The average molecular weight is 304 g/mol. The summed E-state index contributed by atoms with van der Waals surface area (Å²) in [6.45, 7) is 1.68. The van der Waals surface area contributed by atoms with Crippen molar-refractivity contribution in [2.45, 2.75) is 24.3 Å². The summed E-state index contributed by atoms with van der Waals surface area (Å²) < 4.78 is 27.4. The van der Waals surface area contributed by atoms with Crippen molar-refractivity contribution in [3.05, 3.63) is 0 Å². The molecule has 0 spiro atoms. The van der Waals surface area contributed by atoms with Crippen LogP contribution in [0.3, 0.4) is 0 Å². The van der Waals surface area contributed by atoms with Gasteiger partial charge in [0.25, 0.3) is 0 Å². The zero-order valence-corrected chi connectivity index (χ0v) is 11.7. The Labute approximate surface area is 111 Å². The van der Waals surface area contributed by atoms with Crippen LogP contribution in [0.25, 0.3) is 0 Å². The molecule has 0 aromatic heterocycles. The van der Waals surface area contributed by atoms with Gasteiger partial charge >= 0.3 is 6.09 Å². The summed E-state index contributed by atoms with van der Waals surface area (Å²) in [4.78, 5) is 11.4. The number of carbonyl (C=O) groups excluding carboxylic acids is 1. The molecular weight excluding hydrogens is 289 g/mol. The third kappa shape index (κ3) is 4.89. The van der Waals surface area contributed by atoms with Crippen LogP contribution in [-0.4, -0.2) is 49.4 Å². The van der Waals surface area contributed by atoms with Crippen LogP contribution in [0.15, 0.2) is 0 Å². The second-order valence-corrected chi connectivity index (χ2v) is 7.49. The number of carbonyl (C=O) groups is 1. The lowest BCUT2D eigenvalue weighted by molar-refractivity contribution is 0.137. The van der Waals surface area contributed by atoms with Crippen molar-refractivity contribution in [2.24, 2.45) is 0 Å². The molecular formula is C9H15Cl2NO4S. The second kappa shape index (κ2) is 5.63. The molecule has 2 atom stereocenters. The zero-order valence-electron chi connectivity index (χ0n) is 9.41. The maximum absolute atomic E-state index is 11.4. The van der Waals surface area contributed by atoms with E-state index in [-0.39, 0.29) is 24.0 Å². The number of ether oxygens (including phenoxy) is 1.